The number of nitrogens with one attached hydrogen (secondary N) is 1. The third kappa shape index (κ3) is 2.80. The molecule has 2 amide bonds. The van der Waals surface area contributed by atoms with Gasteiger partial charge in [-0.2, -0.15) is 0 Å². The van der Waals surface area contributed by atoms with Gasteiger partial charge in [0, 0.05) is 31.9 Å². The third-order valence-corrected chi connectivity index (χ3v) is 4.46. The molecule has 0 atom stereocenters. The molecular weight excluding hydrogens is 250 g/mol. The average Bonchev–Trinajstić information content (AvgIpc) is 2.95. The third-order valence-electron chi connectivity index (χ3n) is 4.46. The highest BCUT2D eigenvalue weighted by Gasteiger charge is 2.20. The monoisotopic (exact) mass is 273 g/mol. The predicted octanol–water partition coefficient (Wildman–Crippen LogP) is 2.34. The van der Waals surface area contributed by atoms with Gasteiger partial charge >= 0.3 is 6.03 Å². The Morgan fingerprint density at radius 2 is 1.90 bits per heavy atom. The van der Waals surface area contributed by atoms with Crippen LogP contribution in [0.15, 0.2) is 18.2 Å². The van der Waals surface area contributed by atoms with Gasteiger partial charge in [-0.25, -0.2) is 4.79 Å². The summed E-state index contributed by atoms with van der Waals surface area (Å²) in [5.41, 5.74) is 3.78. The van der Waals surface area contributed by atoms with E-state index in [1.807, 2.05) is 11.0 Å². The quantitative estimate of drug-likeness (QED) is 0.898. The first-order chi connectivity index (χ1) is 9.76. The largest absolute Gasteiger partial charge is 0.322 e. The first-order valence-corrected chi connectivity index (χ1v) is 7.66. The zero-order valence-corrected chi connectivity index (χ0v) is 12.2. The number of hydrogen-bond acceptors (Lipinski definition) is 2. The summed E-state index contributed by atoms with van der Waals surface area (Å²) >= 11 is 0. The van der Waals surface area contributed by atoms with Gasteiger partial charge in [-0.05, 0) is 49.1 Å². The number of amides is 2. The molecule has 1 saturated heterocycles. The van der Waals surface area contributed by atoms with Gasteiger partial charge in [-0.15, -0.1) is 0 Å². The SMILES string of the molecule is CCN1CCN(C(=O)Nc2ccc3c(c2)CCC3)CC1. The second kappa shape index (κ2) is 5.83. The van der Waals surface area contributed by atoms with Crippen molar-refractivity contribution in [2.45, 2.75) is 26.2 Å². The van der Waals surface area contributed by atoms with Gasteiger partial charge in [0.25, 0.3) is 0 Å². The predicted molar refractivity (Wildman–Crippen MR) is 81.2 cm³/mol. The number of fused-ring (bicyclic) bond motifs is 1. The molecule has 2 aliphatic rings. The molecule has 1 aromatic rings. The number of nitrogens with zero attached hydrogens (tertiary/aromatic N) is 2. The molecule has 4 heteroatoms. The summed E-state index contributed by atoms with van der Waals surface area (Å²) in [5.74, 6) is 0. The van der Waals surface area contributed by atoms with Crippen LogP contribution >= 0.6 is 0 Å². The number of rotatable bonds is 2. The Bertz CT molecular complexity index is 492. The summed E-state index contributed by atoms with van der Waals surface area (Å²) in [6, 6.07) is 6.37. The number of benzene rings is 1. The molecule has 3 rings (SSSR count). The van der Waals surface area contributed by atoms with E-state index in [-0.39, 0.29) is 6.03 Å². The molecule has 0 radical (unpaired) electrons. The highest BCUT2D eigenvalue weighted by molar-refractivity contribution is 5.89. The van der Waals surface area contributed by atoms with Crippen molar-refractivity contribution in [2.75, 3.05) is 38.0 Å². The Morgan fingerprint density at radius 3 is 2.65 bits per heavy atom. The number of carbonyl (C=O) groups excluding carboxylic acids is 1. The van der Waals surface area contributed by atoms with Gasteiger partial charge in [-0.1, -0.05) is 13.0 Å². The number of likely N-dealkylation sites (N-methyl/N-ethyl adjacent to an activating group) is 1. The number of urea groups is 1. The van der Waals surface area contributed by atoms with Crippen molar-refractivity contribution in [3.05, 3.63) is 29.3 Å². The summed E-state index contributed by atoms with van der Waals surface area (Å²) in [6.45, 7) is 6.85. The maximum absolute atomic E-state index is 12.3. The number of anilines is 1. The number of carbonyl (C=O) groups is 1. The lowest BCUT2D eigenvalue weighted by Crippen LogP contribution is -2.49. The fraction of sp³-hybridized carbons (Fsp3) is 0.562. The van der Waals surface area contributed by atoms with Crippen LogP contribution in [0.25, 0.3) is 0 Å². The van der Waals surface area contributed by atoms with E-state index in [0.29, 0.717) is 0 Å². The van der Waals surface area contributed by atoms with Crippen LogP contribution in [0.2, 0.25) is 0 Å². The fourth-order valence-electron chi connectivity index (χ4n) is 3.12. The van der Waals surface area contributed by atoms with Gasteiger partial charge in [0.2, 0.25) is 0 Å². The minimum Gasteiger partial charge on any atom is -0.322 e. The Kier molecular flexibility index (Phi) is 3.92. The van der Waals surface area contributed by atoms with E-state index in [9.17, 15) is 4.79 Å². The van der Waals surface area contributed by atoms with Crippen molar-refractivity contribution in [1.82, 2.24) is 9.80 Å². The second-order valence-corrected chi connectivity index (χ2v) is 5.69. The number of aryl methyl sites for hydroxylation is 2. The molecule has 20 heavy (non-hydrogen) atoms. The maximum Gasteiger partial charge on any atom is 0.321 e. The molecule has 0 bridgehead atoms. The first kappa shape index (κ1) is 13.4. The smallest absolute Gasteiger partial charge is 0.321 e. The Balaban J connectivity index is 1.59. The van der Waals surface area contributed by atoms with E-state index in [2.05, 4.69) is 29.3 Å². The molecular formula is C16H23N3O. The fourth-order valence-corrected chi connectivity index (χ4v) is 3.12. The standard InChI is InChI=1S/C16H23N3O/c1-2-18-8-10-19(11-9-18)16(20)17-15-7-6-13-4-3-5-14(13)12-15/h6-7,12H,2-5,8-11H2,1H3,(H,17,20). The lowest BCUT2D eigenvalue weighted by molar-refractivity contribution is 0.151. The van der Waals surface area contributed by atoms with Crippen LogP contribution < -0.4 is 5.32 Å². The van der Waals surface area contributed by atoms with Crippen molar-refractivity contribution < 1.29 is 4.79 Å². The molecule has 4 nitrogen and oxygen atoms in total. The molecule has 0 aromatic heterocycles. The highest BCUT2D eigenvalue weighted by atomic mass is 16.2. The van der Waals surface area contributed by atoms with Crippen LogP contribution in [0.3, 0.4) is 0 Å². The van der Waals surface area contributed by atoms with Crippen molar-refractivity contribution >= 4 is 11.7 Å². The summed E-state index contributed by atoms with van der Waals surface area (Å²) in [7, 11) is 0. The van der Waals surface area contributed by atoms with Crippen LogP contribution in [0.5, 0.6) is 0 Å². The van der Waals surface area contributed by atoms with Crippen LogP contribution in [0.4, 0.5) is 10.5 Å². The van der Waals surface area contributed by atoms with E-state index in [0.717, 1.165) is 44.8 Å². The van der Waals surface area contributed by atoms with Crippen molar-refractivity contribution in [1.29, 1.82) is 0 Å². The molecule has 1 N–H and O–H groups in total. The summed E-state index contributed by atoms with van der Waals surface area (Å²) in [4.78, 5) is 16.5. The number of piperazine rings is 1. The topological polar surface area (TPSA) is 35.6 Å². The van der Waals surface area contributed by atoms with Crippen LogP contribution in [0, 0.1) is 0 Å². The molecule has 1 fully saturated rings. The van der Waals surface area contributed by atoms with Crippen molar-refractivity contribution in [2.24, 2.45) is 0 Å². The molecule has 0 saturated carbocycles. The zero-order valence-electron chi connectivity index (χ0n) is 12.2. The molecule has 0 spiro atoms. The van der Waals surface area contributed by atoms with Gasteiger partial charge in [0.05, 0.1) is 0 Å². The highest BCUT2D eigenvalue weighted by Crippen LogP contribution is 2.25. The first-order valence-electron chi connectivity index (χ1n) is 7.66. The summed E-state index contributed by atoms with van der Waals surface area (Å²) in [5, 5.41) is 3.04. The van der Waals surface area contributed by atoms with E-state index < -0.39 is 0 Å². The Hall–Kier alpha value is -1.55. The second-order valence-electron chi connectivity index (χ2n) is 5.69. The minimum absolute atomic E-state index is 0.0405. The summed E-state index contributed by atoms with van der Waals surface area (Å²) < 4.78 is 0. The molecule has 0 unspecified atom stereocenters. The number of hydrogen-bond donors (Lipinski definition) is 1. The van der Waals surface area contributed by atoms with Crippen LogP contribution in [0.1, 0.15) is 24.5 Å². The molecule has 1 aliphatic heterocycles. The molecule has 1 aromatic carbocycles. The maximum atomic E-state index is 12.3. The Morgan fingerprint density at radius 1 is 1.15 bits per heavy atom. The Labute approximate surface area is 120 Å². The van der Waals surface area contributed by atoms with Crippen molar-refractivity contribution in [3.8, 4) is 0 Å². The van der Waals surface area contributed by atoms with Gasteiger partial charge < -0.3 is 15.1 Å². The minimum atomic E-state index is 0.0405. The molecule has 108 valence electrons. The normalized spacial score (nSPS) is 18.9. The van der Waals surface area contributed by atoms with Gasteiger partial charge in [0.1, 0.15) is 0 Å². The van der Waals surface area contributed by atoms with E-state index in [4.69, 9.17) is 0 Å². The molecule has 1 aliphatic carbocycles. The van der Waals surface area contributed by atoms with E-state index in [1.54, 1.807) is 0 Å². The molecule has 1 heterocycles. The van der Waals surface area contributed by atoms with E-state index >= 15 is 0 Å². The van der Waals surface area contributed by atoms with Gasteiger partial charge in [-0.3, -0.25) is 0 Å². The van der Waals surface area contributed by atoms with Crippen LogP contribution in [-0.2, 0) is 12.8 Å². The van der Waals surface area contributed by atoms with E-state index in [1.165, 1.54) is 24.0 Å². The lowest BCUT2D eigenvalue weighted by Gasteiger charge is -2.34. The average molecular weight is 273 g/mol. The van der Waals surface area contributed by atoms with Crippen LogP contribution in [-0.4, -0.2) is 48.6 Å². The van der Waals surface area contributed by atoms with Gasteiger partial charge in [0.15, 0.2) is 0 Å². The summed E-state index contributed by atoms with van der Waals surface area (Å²) in [6.07, 6.45) is 3.57. The lowest BCUT2D eigenvalue weighted by atomic mass is 10.1. The van der Waals surface area contributed by atoms with Crippen molar-refractivity contribution in [3.63, 3.8) is 0 Å². The zero-order chi connectivity index (χ0) is 13.9.